The molecule has 0 aromatic heterocycles. The molecule has 0 heterocycles. The van der Waals surface area contributed by atoms with Gasteiger partial charge in [-0.15, -0.1) is 0 Å². The lowest BCUT2D eigenvalue weighted by molar-refractivity contribution is -0.161. The van der Waals surface area contributed by atoms with Gasteiger partial charge in [-0.05, 0) is 31.6 Å². The minimum absolute atomic E-state index is 0.108. The number of carbonyl (C=O) groups excluding carboxylic acids is 4. The van der Waals surface area contributed by atoms with E-state index in [4.69, 9.17) is 37.0 Å². The Morgan fingerprint density at radius 1 is 0.283 bits per heavy atom. The lowest BCUT2D eigenvalue weighted by atomic mass is 9.99. The van der Waals surface area contributed by atoms with Crippen LogP contribution in [-0.4, -0.2) is 96.7 Å². The second-order valence-corrected chi connectivity index (χ2v) is 32.0. The van der Waals surface area contributed by atoms with Crippen LogP contribution in [0.3, 0.4) is 0 Å². The van der Waals surface area contributed by atoms with Crippen LogP contribution in [0.1, 0.15) is 426 Å². The molecular weight excluding hydrogens is 1290 g/mol. The molecule has 0 aromatic carbocycles. The molecule has 0 spiro atoms. The van der Waals surface area contributed by atoms with Gasteiger partial charge in [0, 0.05) is 25.7 Å². The van der Waals surface area contributed by atoms with Gasteiger partial charge in [0.05, 0.1) is 26.4 Å². The van der Waals surface area contributed by atoms with Crippen molar-refractivity contribution in [3.8, 4) is 0 Å². The predicted octanol–water partition coefficient (Wildman–Crippen LogP) is 24.0. The van der Waals surface area contributed by atoms with E-state index in [1.807, 2.05) is 0 Å². The van der Waals surface area contributed by atoms with Crippen molar-refractivity contribution in [1.82, 2.24) is 0 Å². The Hall–Kier alpha value is -1.94. The quantitative estimate of drug-likeness (QED) is 0.0222. The zero-order valence-corrected chi connectivity index (χ0v) is 66.4. The summed E-state index contributed by atoms with van der Waals surface area (Å²) in [6, 6.07) is 0. The monoisotopic (exact) mass is 1450 g/mol. The summed E-state index contributed by atoms with van der Waals surface area (Å²) in [6.45, 7) is 7.34. The Balaban J connectivity index is 5.26. The number of aliphatic hydroxyl groups excluding tert-OH is 1. The molecule has 0 saturated carbocycles. The van der Waals surface area contributed by atoms with Gasteiger partial charge < -0.3 is 33.8 Å². The van der Waals surface area contributed by atoms with Gasteiger partial charge in [0.15, 0.2) is 12.2 Å². The van der Waals surface area contributed by atoms with Crippen molar-refractivity contribution in [3.05, 3.63) is 0 Å². The van der Waals surface area contributed by atoms with Crippen LogP contribution in [0, 0.1) is 5.92 Å². The Morgan fingerprint density at radius 2 is 0.485 bits per heavy atom. The summed E-state index contributed by atoms with van der Waals surface area (Å²) in [5.74, 6) is -1.33. The molecular formula is C80H156O17P2. The standard InChI is InChI=1S/C80H156O17P2/c1-6-10-13-16-19-22-25-28-31-33-35-38-41-44-51-56-61-66-80(85)96-75(69-90-77(82)63-58-53-48-42-39-37-34-32-29-26-23-20-17-14-11-7-2)71-94-98(86,87)92-67-74(81)68-93-99(88,89)95-72-76(70-91-78(83)64-59-54-49-46-45-47-52-57-62-73(5)9-4)97-79(84)65-60-55-50-43-40-36-30-27-24-21-18-15-12-8-3/h73-76,81H,6-72H2,1-5H3,(H,86,87)(H,88,89)/t73?,74-,75-,76-/m1/s1. The number of esters is 4. The fourth-order valence-corrected chi connectivity index (χ4v) is 14.0. The van der Waals surface area contributed by atoms with Crippen molar-refractivity contribution in [3.63, 3.8) is 0 Å². The first-order valence-corrected chi connectivity index (χ1v) is 44.7. The number of carbonyl (C=O) groups is 4. The highest BCUT2D eigenvalue weighted by molar-refractivity contribution is 7.47. The van der Waals surface area contributed by atoms with Gasteiger partial charge >= 0.3 is 39.5 Å². The van der Waals surface area contributed by atoms with Crippen molar-refractivity contribution < 1.29 is 80.2 Å². The van der Waals surface area contributed by atoms with E-state index in [9.17, 15) is 43.2 Å². The Kier molecular flexibility index (Phi) is 71.6. The number of unbranched alkanes of at least 4 members (excludes halogenated alkanes) is 51. The van der Waals surface area contributed by atoms with Gasteiger partial charge in [-0.3, -0.25) is 37.3 Å². The van der Waals surface area contributed by atoms with Gasteiger partial charge in [0.1, 0.15) is 19.3 Å². The van der Waals surface area contributed by atoms with Crippen molar-refractivity contribution >= 4 is 39.5 Å². The summed E-state index contributed by atoms with van der Waals surface area (Å²) < 4.78 is 68.7. The molecule has 19 heteroatoms. The molecule has 0 radical (unpaired) electrons. The topological polar surface area (TPSA) is 237 Å². The minimum atomic E-state index is -4.96. The number of aliphatic hydroxyl groups is 1. The Morgan fingerprint density at radius 3 is 0.717 bits per heavy atom. The van der Waals surface area contributed by atoms with Gasteiger partial charge in [-0.1, -0.05) is 375 Å². The Labute approximate surface area is 607 Å². The fourth-order valence-electron chi connectivity index (χ4n) is 12.4. The molecule has 0 aliphatic carbocycles. The summed E-state index contributed by atoms with van der Waals surface area (Å²) in [4.78, 5) is 73.0. The van der Waals surface area contributed by atoms with E-state index in [-0.39, 0.29) is 25.7 Å². The lowest BCUT2D eigenvalue weighted by Crippen LogP contribution is -2.30. The smallest absolute Gasteiger partial charge is 0.462 e. The van der Waals surface area contributed by atoms with Gasteiger partial charge in [0.2, 0.25) is 0 Å². The summed E-state index contributed by atoms with van der Waals surface area (Å²) in [5.41, 5.74) is 0. The van der Waals surface area contributed by atoms with Crippen LogP contribution in [0.4, 0.5) is 0 Å². The van der Waals surface area contributed by atoms with Gasteiger partial charge in [-0.25, -0.2) is 9.13 Å². The van der Waals surface area contributed by atoms with E-state index in [1.165, 1.54) is 250 Å². The van der Waals surface area contributed by atoms with Gasteiger partial charge in [0.25, 0.3) is 0 Å². The summed E-state index contributed by atoms with van der Waals surface area (Å²) in [5, 5.41) is 10.6. The van der Waals surface area contributed by atoms with E-state index in [0.717, 1.165) is 95.8 Å². The fraction of sp³-hybridized carbons (Fsp3) is 0.950. The summed E-state index contributed by atoms with van der Waals surface area (Å²) in [6.07, 6.45) is 63.6. The largest absolute Gasteiger partial charge is 0.472 e. The first-order chi connectivity index (χ1) is 48.1. The van der Waals surface area contributed by atoms with E-state index in [1.54, 1.807) is 0 Å². The first-order valence-electron chi connectivity index (χ1n) is 41.7. The van der Waals surface area contributed by atoms with Crippen LogP contribution < -0.4 is 0 Å². The van der Waals surface area contributed by atoms with E-state index in [0.29, 0.717) is 25.7 Å². The maximum absolute atomic E-state index is 13.1. The second kappa shape index (κ2) is 73.0. The average molecular weight is 1450 g/mol. The van der Waals surface area contributed by atoms with Crippen LogP contribution in [-0.2, 0) is 65.4 Å². The molecule has 3 unspecified atom stereocenters. The molecule has 0 amide bonds. The van der Waals surface area contributed by atoms with Crippen molar-refractivity contribution in [1.29, 1.82) is 0 Å². The second-order valence-electron chi connectivity index (χ2n) is 29.1. The van der Waals surface area contributed by atoms with E-state index < -0.39 is 97.5 Å². The summed E-state index contributed by atoms with van der Waals surface area (Å²) in [7, 11) is -9.92. The lowest BCUT2D eigenvalue weighted by Gasteiger charge is -2.21. The van der Waals surface area contributed by atoms with E-state index in [2.05, 4.69) is 34.6 Å². The zero-order chi connectivity index (χ0) is 72.7. The number of phosphoric ester groups is 2. The zero-order valence-electron chi connectivity index (χ0n) is 64.6. The van der Waals surface area contributed by atoms with Crippen LogP contribution in [0.5, 0.6) is 0 Å². The van der Waals surface area contributed by atoms with Crippen LogP contribution in [0.2, 0.25) is 0 Å². The Bertz CT molecular complexity index is 1890. The normalized spacial score (nSPS) is 14.1. The molecule has 6 atom stereocenters. The molecule has 0 rings (SSSR count). The molecule has 17 nitrogen and oxygen atoms in total. The van der Waals surface area contributed by atoms with Crippen molar-refractivity contribution in [2.75, 3.05) is 39.6 Å². The number of ether oxygens (including phenoxy) is 4. The molecule has 0 aliphatic heterocycles. The van der Waals surface area contributed by atoms with Crippen LogP contribution in [0.15, 0.2) is 0 Å². The third kappa shape index (κ3) is 72.8. The summed E-state index contributed by atoms with van der Waals surface area (Å²) >= 11 is 0. The molecule has 0 fully saturated rings. The number of rotatable bonds is 80. The number of hydrogen-bond acceptors (Lipinski definition) is 15. The SMILES string of the molecule is CCCCCCCCCCCCCCCCCCCC(=O)O[C@H](COC(=O)CCCCCCCCCCCCCCCCCC)COP(=O)(O)OC[C@@H](O)COP(=O)(O)OC[C@@H](COC(=O)CCCCCCCCCCC(C)CC)OC(=O)CCCCCCCCCCCCCCCC. The maximum atomic E-state index is 13.1. The average Bonchev–Trinajstić information content (AvgIpc) is 2.55. The van der Waals surface area contributed by atoms with Crippen molar-refractivity contribution in [2.45, 2.75) is 445 Å². The molecule has 3 N–H and O–H groups in total. The molecule has 588 valence electrons. The highest BCUT2D eigenvalue weighted by Crippen LogP contribution is 2.45. The van der Waals surface area contributed by atoms with Crippen molar-refractivity contribution in [2.24, 2.45) is 5.92 Å². The third-order valence-electron chi connectivity index (χ3n) is 19.1. The highest BCUT2D eigenvalue weighted by atomic mass is 31.2. The third-order valence-corrected chi connectivity index (χ3v) is 21.0. The highest BCUT2D eigenvalue weighted by Gasteiger charge is 2.30. The molecule has 0 aromatic rings. The predicted molar refractivity (Wildman–Crippen MR) is 405 cm³/mol. The molecule has 0 saturated heterocycles. The number of phosphoric acid groups is 2. The van der Waals surface area contributed by atoms with Crippen LogP contribution in [0.25, 0.3) is 0 Å². The molecule has 0 aliphatic rings. The minimum Gasteiger partial charge on any atom is -0.462 e. The molecule has 99 heavy (non-hydrogen) atoms. The molecule has 0 bridgehead atoms. The maximum Gasteiger partial charge on any atom is 0.472 e. The van der Waals surface area contributed by atoms with Crippen LogP contribution >= 0.6 is 15.6 Å². The first kappa shape index (κ1) is 97.1. The number of hydrogen-bond donors (Lipinski definition) is 3. The van der Waals surface area contributed by atoms with E-state index >= 15 is 0 Å². The van der Waals surface area contributed by atoms with Gasteiger partial charge in [-0.2, -0.15) is 0 Å².